The van der Waals surface area contributed by atoms with Crippen LogP contribution >= 0.6 is 0 Å². The standard InChI is InChI=1S/C16H23NO3/c1-3-4-5-6-7-8-12-16(18)20-17-14-10-9-11-15(13-14)19-2/h8-13,17H,3-7H2,1-2H3. The summed E-state index contributed by atoms with van der Waals surface area (Å²) >= 11 is 0. The van der Waals surface area contributed by atoms with Gasteiger partial charge in [-0.05, 0) is 25.0 Å². The number of carbonyl (C=O) groups excluding carboxylic acids is 1. The number of anilines is 1. The van der Waals surface area contributed by atoms with Gasteiger partial charge in [0, 0.05) is 12.1 Å². The Morgan fingerprint density at radius 2 is 2.15 bits per heavy atom. The van der Waals surface area contributed by atoms with Crippen LogP contribution < -0.4 is 10.2 Å². The molecule has 0 heterocycles. The number of benzene rings is 1. The molecule has 0 aliphatic carbocycles. The summed E-state index contributed by atoms with van der Waals surface area (Å²) in [5, 5.41) is 0. The summed E-state index contributed by atoms with van der Waals surface area (Å²) < 4.78 is 5.08. The van der Waals surface area contributed by atoms with Crippen LogP contribution in [0.25, 0.3) is 0 Å². The molecule has 0 amide bonds. The van der Waals surface area contributed by atoms with Gasteiger partial charge in [-0.2, -0.15) is 0 Å². The summed E-state index contributed by atoms with van der Waals surface area (Å²) in [4.78, 5) is 16.4. The van der Waals surface area contributed by atoms with Gasteiger partial charge in [0.1, 0.15) is 5.75 Å². The van der Waals surface area contributed by atoms with Crippen LogP contribution in [0.4, 0.5) is 5.69 Å². The number of nitrogens with one attached hydrogen (secondary N) is 1. The highest BCUT2D eigenvalue weighted by Gasteiger charge is 1.99. The second-order valence-corrected chi connectivity index (χ2v) is 4.51. The van der Waals surface area contributed by atoms with Crippen LogP contribution in [0.15, 0.2) is 36.4 Å². The van der Waals surface area contributed by atoms with Gasteiger partial charge in [0.15, 0.2) is 0 Å². The highest BCUT2D eigenvalue weighted by molar-refractivity contribution is 5.82. The molecule has 0 spiro atoms. The summed E-state index contributed by atoms with van der Waals surface area (Å²) in [7, 11) is 1.59. The van der Waals surface area contributed by atoms with Crippen LogP contribution in [-0.2, 0) is 9.63 Å². The zero-order chi connectivity index (χ0) is 14.6. The first-order chi connectivity index (χ1) is 9.76. The number of ether oxygens (including phenoxy) is 1. The normalized spacial score (nSPS) is 10.5. The Labute approximate surface area is 120 Å². The molecule has 1 aromatic carbocycles. The molecule has 1 rings (SSSR count). The van der Waals surface area contributed by atoms with E-state index in [1.54, 1.807) is 19.2 Å². The molecule has 1 N–H and O–H groups in total. The lowest BCUT2D eigenvalue weighted by Crippen LogP contribution is -2.07. The van der Waals surface area contributed by atoms with Gasteiger partial charge < -0.3 is 9.57 Å². The number of carbonyl (C=O) groups is 1. The van der Waals surface area contributed by atoms with E-state index in [9.17, 15) is 4.79 Å². The van der Waals surface area contributed by atoms with E-state index in [0.29, 0.717) is 11.4 Å². The van der Waals surface area contributed by atoms with Crippen LogP contribution in [0.5, 0.6) is 5.75 Å². The van der Waals surface area contributed by atoms with E-state index in [0.717, 1.165) is 12.8 Å². The molecule has 0 radical (unpaired) electrons. The molecule has 110 valence electrons. The van der Waals surface area contributed by atoms with Crippen LogP contribution in [-0.4, -0.2) is 13.1 Å². The van der Waals surface area contributed by atoms with E-state index in [4.69, 9.17) is 9.57 Å². The average Bonchev–Trinajstić information content (AvgIpc) is 2.49. The minimum Gasteiger partial charge on any atom is -0.497 e. The minimum absolute atomic E-state index is 0.400. The summed E-state index contributed by atoms with van der Waals surface area (Å²) in [5.41, 5.74) is 3.27. The summed E-state index contributed by atoms with van der Waals surface area (Å²) in [6.07, 6.45) is 9.00. The monoisotopic (exact) mass is 277 g/mol. The van der Waals surface area contributed by atoms with Gasteiger partial charge in [0.25, 0.3) is 0 Å². The zero-order valence-electron chi connectivity index (χ0n) is 12.2. The van der Waals surface area contributed by atoms with Crippen molar-refractivity contribution in [1.82, 2.24) is 0 Å². The number of allylic oxidation sites excluding steroid dienone is 1. The third-order valence-corrected chi connectivity index (χ3v) is 2.82. The SMILES string of the molecule is CCCCCCC=CC(=O)ONc1cccc(OC)c1. The first-order valence-corrected chi connectivity index (χ1v) is 7.03. The lowest BCUT2D eigenvalue weighted by atomic mass is 10.1. The molecule has 0 aliphatic heterocycles. The quantitative estimate of drug-likeness (QED) is 0.419. The third-order valence-electron chi connectivity index (χ3n) is 2.82. The Kier molecular flexibility index (Phi) is 7.96. The van der Waals surface area contributed by atoms with E-state index in [1.807, 2.05) is 18.2 Å². The third kappa shape index (κ3) is 6.83. The second kappa shape index (κ2) is 9.89. The zero-order valence-corrected chi connectivity index (χ0v) is 12.2. The van der Waals surface area contributed by atoms with Crippen molar-refractivity contribution in [1.29, 1.82) is 0 Å². The highest BCUT2D eigenvalue weighted by Crippen LogP contribution is 2.16. The molecule has 0 aliphatic rings. The van der Waals surface area contributed by atoms with Crippen molar-refractivity contribution >= 4 is 11.7 Å². The summed E-state index contributed by atoms with van der Waals surface area (Å²) in [5.74, 6) is 0.306. The fourth-order valence-corrected chi connectivity index (χ4v) is 1.70. The van der Waals surface area contributed by atoms with E-state index < -0.39 is 5.97 Å². The Hall–Kier alpha value is -1.97. The van der Waals surface area contributed by atoms with Crippen LogP contribution in [0.3, 0.4) is 0 Å². The molecule has 0 fully saturated rings. The van der Waals surface area contributed by atoms with Gasteiger partial charge in [-0.15, -0.1) is 0 Å². The summed E-state index contributed by atoms with van der Waals surface area (Å²) in [6, 6.07) is 7.19. The molecule has 1 aromatic rings. The minimum atomic E-state index is -0.400. The fraction of sp³-hybridized carbons (Fsp3) is 0.438. The van der Waals surface area contributed by atoms with E-state index in [2.05, 4.69) is 12.4 Å². The number of hydrogen-bond donors (Lipinski definition) is 1. The smallest absolute Gasteiger partial charge is 0.355 e. The molecule has 20 heavy (non-hydrogen) atoms. The molecule has 4 nitrogen and oxygen atoms in total. The molecular formula is C16H23NO3. The maximum absolute atomic E-state index is 11.5. The van der Waals surface area contributed by atoms with Crippen molar-refractivity contribution in [2.45, 2.75) is 39.0 Å². The van der Waals surface area contributed by atoms with Crippen molar-refractivity contribution in [2.75, 3.05) is 12.6 Å². The van der Waals surface area contributed by atoms with Crippen LogP contribution in [0.1, 0.15) is 39.0 Å². The Balaban J connectivity index is 2.23. The highest BCUT2D eigenvalue weighted by atomic mass is 16.7. The number of hydrogen-bond acceptors (Lipinski definition) is 4. The molecule has 0 saturated heterocycles. The molecular weight excluding hydrogens is 254 g/mol. The van der Waals surface area contributed by atoms with E-state index >= 15 is 0 Å². The molecule has 0 atom stereocenters. The van der Waals surface area contributed by atoms with Crippen molar-refractivity contribution in [3.05, 3.63) is 36.4 Å². The fourth-order valence-electron chi connectivity index (χ4n) is 1.70. The number of unbranched alkanes of at least 4 members (excludes halogenated alkanes) is 4. The molecule has 4 heteroatoms. The predicted molar refractivity (Wildman–Crippen MR) is 80.6 cm³/mol. The van der Waals surface area contributed by atoms with Crippen molar-refractivity contribution in [3.63, 3.8) is 0 Å². The number of rotatable bonds is 9. The van der Waals surface area contributed by atoms with Crippen molar-refractivity contribution in [2.24, 2.45) is 0 Å². The van der Waals surface area contributed by atoms with E-state index in [1.165, 1.54) is 25.3 Å². The molecule has 0 saturated carbocycles. The lowest BCUT2D eigenvalue weighted by Gasteiger charge is -2.06. The Morgan fingerprint density at radius 1 is 1.30 bits per heavy atom. The maximum Gasteiger partial charge on any atom is 0.355 e. The predicted octanol–water partition coefficient (Wildman–Crippen LogP) is 4.09. The lowest BCUT2D eigenvalue weighted by molar-refractivity contribution is -0.134. The van der Waals surface area contributed by atoms with Gasteiger partial charge in [-0.25, -0.2) is 10.3 Å². The average molecular weight is 277 g/mol. The van der Waals surface area contributed by atoms with Gasteiger partial charge in [-0.3, -0.25) is 0 Å². The van der Waals surface area contributed by atoms with Crippen molar-refractivity contribution in [3.8, 4) is 5.75 Å². The Bertz CT molecular complexity index is 429. The second-order valence-electron chi connectivity index (χ2n) is 4.51. The van der Waals surface area contributed by atoms with Gasteiger partial charge in [0.2, 0.25) is 0 Å². The van der Waals surface area contributed by atoms with Crippen LogP contribution in [0, 0.1) is 0 Å². The largest absolute Gasteiger partial charge is 0.497 e. The summed E-state index contributed by atoms with van der Waals surface area (Å²) in [6.45, 7) is 2.18. The Morgan fingerprint density at radius 3 is 2.90 bits per heavy atom. The van der Waals surface area contributed by atoms with Gasteiger partial charge in [-0.1, -0.05) is 38.3 Å². The first-order valence-electron chi connectivity index (χ1n) is 7.03. The molecule has 0 bridgehead atoms. The topological polar surface area (TPSA) is 47.6 Å². The first kappa shape index (κ1) is 16.1. The van der Waals surface area contributed by atoms with Crippen LogP contribution in [0.2, 0.25) is 0 Å². The maximum atomic E-state index is 11.5. The van der Waals surface area contributed by atoms with Crippen molar-refractivity contribution < 1.29 is 14.4 Å². The van der Waals surface area contributed by atoms with Gasteiger partial charge in [0.05, 0.1) is 12.8 Å². The molecule has 0 unspecified atom stereocenters. The van der Waals surface area contributed by atoms with Gasteiger partial charge >= 0.3 is 5.97 Å². The number of methoxy groups -OCH3 is 1. The van der Waals surface area contributed by atoms with E-state index in [-0.39, 0.29) is 0 Å². The molecule has 0 aromatic heterocycles.